The third kappa shape index (κ3) is 4.28. The first-order valence-corrected chi connectivity index (χ1v) is 5.42. The maximum absolute atomic E-state index is 5.53. The maximum Gasteiger partial charge on any atom is 0.131 e. The van der Waals surface area contributed by atoms with E-state index in [0.29, 0.717) is 10.8 Å². The molecule has 0 saturated carbocycles. The van der Waals surface area contributed by atoms with Gasteiger partial charge in [-0.15, -0.1) is 0 Å². The molecular formula is C12H15ClN4. The molecule has 2 aromatic heterocycles. The quantitative estimate of drug-likeness (QED) is 0.705. The Labute approximate surface area is 106 Å². The van der Waals surface area contributed by atoms with Crippen LogP contribution in [0.15, 0.2) is 30.7 Å². The van der Waals surface area contributed by atoms with E-state index in [1.54, 1.807) is 30.7 Å². The Morgan fingerprint density at radius 2 is 1.71 bits per heavy atom. The van der Waals surface area contributed by atoms with E-state index in [1.165, 1.54) is 0 Å². The Balaban J connectivity index is 0.000000171. The molecule has 0 saturated heterocycles. The minimum atomic E-state index is 0.443. The van der Waals surface area contributed by atoms with E-state index in [2.05, 4.69) is 9.97 Å². The minimum Gasteiger partial charge on any atom is -0.398 e. The van der Waals surface area contributed by atoms with Crippen molar-refractivity contribution in [3.63, 3.8) is 0 Å². The van der Waals surface area contributed by atoms with E-state index in [0.717, 1.165) is 16.8 Å². The zero-order valence-electron chi connectivity index (χ0n) is 9.81. The molecule has 90 valence electrons. The van der Waals surface area contributed by atoms with Crippen molar-refractivity contribution in [2.75, 3.05) is 11.5 Å². The molecule has 0 aliphatic heterocycles. The van der Waals surface area contributed by atoms with E-state index < -0.39 is 0 Å². The van der Waals surface area contributed by atoms with Crippen LogP contribution in [-0.4, -0.2) is 9.97 Å². The summed E-state index contributed by atoms with van der Waals surface area (Å²) in [5, 5.41) is 0.443. The van der Waals surface area contributed by atoms with Gasteiger partial charge in [0.05, 0.1) is 0 Å². The Kier molecular flexibility index (Phi) is 4.72. The monoisotopic (exact) mass is 250 g/mol. The van der Waals surface area contributed by atoms with Gasteiger partial charge in [-0.3, -0.25) is 4.98 Å². The van der Waals surface area contributed by atoms with Crippen LogP contribution in [0.3, 0.4) is 0 Å². The molecule has 5 heteroatoms. The molecule has 0 unspecified atom stereocenters. The number of nitrogen functional groups attached to an aromatic ring is 2. The lowest BCUT2D eigenvalue weighted by atomic mass is 10.3. The van der Waals surface area contributed by atoms with Crippen molar-refractivity contribution in [1.29, 1.82) is 0 Å². The smallest absolute Gasteiger partial charge is 0.131 e. The second kappa shape index (κ2) is 6.06. The molecule has 17 heavy (non-hydrogen) atoms. The largest absolute Gasteiger partial charge is 0.398 e. The maximum atomic E-state index is 5.53. The second-order valence-corrected chi connectivity index (χ2v) is 3.98. The number of aromatic nitrogens is 2. The first kappa shape index (κ1) is 13.3. The van der Waals surface area contributed by atoms with E-state index >= 15 is 0 Å². The van der Waals surface area contributed by atoms with Crippen LogP contribution in [0.2, 0.25) is 5.15 Å². The van der Waals surface area contributed by atoms with Crippen molar-refractivity contribution < 1.29 is 0 Å². The number of halogens is 1. The number of anilines is 2. The summed E-state index contributed by atoms with van der Waals surface area (Å²) in [5.74, 6) is 0. The van der Waals surface area contributed by atoms with Crippen LogP contribution >= 0.6 is 11.6 Å². The fraction of sp³-hybridized carbons (Fsp3) is 0.167. The summed E-state index contributed by atoms with van der Waals surface area (Å²) in [4.78, 5) is 7.69. The Bertz CT molecular complexity index is 479. The lowest BCUT2D eigenvalue weighted by Gasteiger charge is -1.96. The molecule has 4 nitrogen and oxygen atoms in total. The van der Waals surface area contributed by atoms with Crippen LogP contribution in [0.4, 0.5) is 11.4 Å². The molecule has 0 aliphatic rings. The number of pyridine rings is 2. The van der Waals surface area contributed by atoms with Gasteiger partial charge >= 0.3 is 0 Å². The van der Waals surface area contributed by atoms with Crippen molar-refractivity contribution >= 4 is 23.0 Å². The summed E-state index contributed by atoms with van der Waals surface area (Å²) < 4.78 is 0. The van der Waals surface area contributed by atoms with Crippen molar-refractivity contribution in [1.82, 2.24) is 9.97 Å². The summed E-state index contributed by atoms with van der Waals surface area (Å²) in [6, 6.07) is 3.42. The molecule has 0 amide bonds. The average molecular weight is 251 g/mol. The van der Waals surface area contributed by atoms with Crippen molar-refractivity contribution in [3.8, 4) is 0 Å². The van der Waals surface area contributed by atoms with Crippen molar-refractivity contribution in [3.05, 3.63) is 47.0 Å². The van der Waals surface area contributed by atoms with Crippen LogP contribution in [0.5, 0.6) is 0 Å². The number of nitrogens with two attached hydrogens (primary N) is 2. The third-order valence-electron chi connectivity index (χ3n) is 2.18. The number of hydrogen-bond donors (Lipinski definition) is 2. The topological polar surface area (TPSA) is 77.8 Å². The predicted molar refractivity (Wildman–Crippen MR) is 71.8 cm³/mol. The number of hydrogen-bond acceptors (Lipinski definition) is 4. The standard InChI is InChI=1S/C6H7ClN2.C6H8N2/c1-4-3-9-6(7)2-5(4)8;1-5-4-8-3-2-6(5)7/h2-3H,1H3,(H2,8,9);2-4H,1H3,(H2,7,8). The van der Waals surface area contributed by atoms with Crippen LogP contribution in [0.25, 0.3) is 0 Å². The van der Waals surface area contributed by atoms with Gasteiger partial charge in [0, 0.05) is 30.0 Å². The van der Waals surface area contributed by atoms with Gasteiger partial charge in [-0.05, 0) is 37.1 Å². The number of aryl methyl sites for hydroxylation is 2. The highest BCUT2D eigenvalue weighted by atomic mass is 35.5. The van der Waals surface area contributed by atoms with E-state index in [1.807, 2.05) is 13.8 Å². The van der Waals surface area contributed by atoms with Crippen molar-refractivity contribution in [2.45, 2.75) is 13.8 Å². The molecule has 2 heterocycles. The summed E-state index contributed by atoms with van der Waals surface area (Å²) in [6.45, 7) is 3.82. The zero-order chi connectivity index (χ0) is 12.8. The van der Waals surface area contributed by atoms with E-state index in [-0.39, 0.29) is 0 Å². The zero-order valence-corrected chi connectivity index (χ0v) is 10.6. The average Bonchev–Trinajstić information content (AvgIpc) is 2.29. The van der Waals surface area contributed by atoms with Gasteiger partial charge in [-0.1, -0.05) is 11.6 Å². The first-order valence-electron chi connectivity index (χ1n) is 5.04. The molecular weight excluding hydrogens is 236 g/mol. The second-order valence-electron chi connectivity index (χ2n) is 3.60. The molecule has 4 N–H and O–H groups in total. The van der Waals surface area contributed by atoms with E-state index in [9.17, 15) is 0 Å². The summed E-state index contributed by atoms with van der Waals surface area (Å²) in [6.07, 6.45) is 5.08. The number of rotatable bonds is 0. The molecule has 0 spiro atoms. The number of nitrogens with zero attached hydrogens (tertiary/aromatic N) is 2. The Hall–Kier alpha value is -1.81. The Morgan fingerprint density at radius 3 is 2.12 bits per heavy atom. The van der Waals surface area contributed by atoms with Gasteiger partial charge in [-0.2, -0.15) is 0 Å². The molecule has 0 atom stereocenters. The lowest BCUT2D eigenvalue weighted by molar-refractivity contribution is 1.27. The van der Waals surface area contributed by atoms with Gasteiger partial charge in [0.25, 0.3) is 0 Å². The van der Waals surface area contributed by atoms with Gasteiger partial charge < -0.3 is 11.5 Å². The molecule has 2 aromatic rings. The third-order valence-corrected chi connectivity index (χ3v) is 2.38. The van der Waals surface area contributed by atoms with Crippen LogP contribution in [0, 0.1) is 13.8 Å². The van der Waals surface area contributed by atoms with Crippen LogP contribution in [0.1, 0.15) is 11.1 Å². The summed E-state index contributed by atoms with van der Waals surface area (Å²) in [5.41, 5.74) is 14.5. The van der Waals surface area contributed by atoms with Crippen LogP contribution in [-0.2, 0) is 0 Å². The van der Waals surface area contributed by atoms with E-state index in [4.69, 9.17) is 23.1 Å². The normalized spacial score (nSPS) is 9.35. The highest BCUT2D eigenvalue weighted by molar-refractivity contribution is 6.29. The molecule has 0 aliphatic carbocycles. The molecule has 0 aromatic carbocycles. The fourth-order valence-electron chi connectivity index (χ4n) is 0.997. The Morgan fingerprint density at radius 1 is 1.06 bits per heavy atom. The van der Waals surface area contributed by atoms with Gasteiger partial charge in [-0.25, -0.2) is 4.98 Å². The van der Waals surface area contributed by atoms with Crippen molar-refractivity contribution in [2.24, 2.45) is 0 Å². The summed E-state index contributed by atoms with van der Waals surface area (Å²) in [7, 11) is 0. The predicted octanol–water partition coefficient (Wildman–Crippen LogP) is 2.60. The van der Waals surface area contributed by atoms with Gasteiger partial charge in [0.1, 0.15) is 5.15 Å². The molecule has 0 radical (unpaired) electrons. The van der Waals surface area contributed by atoms with Gasteiger partial charge in [0.2, 0.25) is 0 Å². The fourth-order valence-corrected chi connectivity index (χ4v) is 1.16. The minimum absolute atomic E-state index is 0.443. The van der Waals surface area contributed by atoms with Crippen LogP contribution < -0.4 is 11.5 Å². The molecule has 0 fully saturated rings. The molecule has 0 bridgehead atoms. The SMILES string of the molecule is Cc1cnc(Cl)cc1N.Cc1cnccc1N. The highest BCUT2D eigenvalue weighted by Crippen LogP contribution is 2.12. The first-order chi connectivity index (χ1) is 8.00. The van der Waals surface area contributed by atoms with Gasteiger partial charge in [0.15, 0.2) is 0 Å². The lowest BCUT2D eigenvalue weighted by Crippen LogP contribution is -1.89. The summed E-state index contributed by atoms with van der Waals surface area (Å²) >= 11 is 5.53. The molecule has 2 rings (SSSR count). The highest BCUT2D eigenvalue weighted by Gasteiger charge is 1.92.